The van der Waals surface area contributed by atoms with Crippen LogP contribution in [-0.2, 0) is 4.79 Å². The highest BCUT2D eigenvalue weighted by molar-refractivity contribution is 5.94. The Morgan fingerprint density at radius 1 is 1.43 bits per heavy atom. The van der Waals surface area contributed by atoms with Gasteiger partial charge in [0.05, 0.1) is 7.11 Å². The Bertz CT molecular complexity index is 742. The highest BCUT2D eigenvalue weighted by Gasteiger charge is 2.36. The summed E-state index contributed by atoms with van der Waals surface area (Å²) in [6.07, 6.45) is 1.07. The van der Waals surface area contributed by atoms with Gasteiger partial charge in [-0.05, 0) is 31.0 Å². The molecule has 23 heavy (non-hydrogen) atoms. The second-order valence-electron chi connectivity index (χ2n) is 5.15. The molecule has 1 fully saturated rings. The number of amides is 1. The SMILES string of the molecule is COc1cccc(-c2nc(C(=O)N3CCC[C@@H]3C(=O)O)no2)c1. The van der Waals surface area contributed by atoms with Crippen molar-refractivity contribution in [3.05, 3.63) is 30.1 Å². The summed E-state index contributed by atoms with van der Waals surface area (Å²) in [4.78, 5) is 28.9. The maximum Gasteiger partial charge on any atom is 0.326 e. The first-order valence-corrected chi connectivity index (χ1v) is 7.12. The number of aromatic nitrogens is 2. The second-order valence-corrected chi connectivity index (χ2v) is 5.15. The number of hydrogen-bond donors (Lipinski definition) is 1. The third-order valence-corrected chi connectivity index (χ3v) is 3.73. The maximum atomic E-state index is 12.4. The number of nitrogens with zero attached hydrogens (tertiary/aromatic N) is 3. The number of benzene rings is 1. The van der Waals surface area contributed by atoms with Crippen molar-refractivity contribution in [1.29, 1.82) is 0 Å². The molecule has 1 aliphatic heterocycles. The average molecular weight is 317 g/mol. The quantitative estimate of drug-likeness (QED) is 0.909. The molecule has 2 aromatic rings. The summed E-state index contributed by atoms with van der Waals surface area (Å²) >= 11 is 0. The van der Waals surface area contributed by atoms with Crippen LogP contribution in [0.3, 0.4) is 0 Å². The molecule has 8 heteroatoms. The van der Waals surface area contributed by atoms with E-state index in [4.69, 9.17) is 14.4 Å². The number of ether oxygens (including phenoxy) is 1. The first-order valence-electron chi connectivity index (χ1n) is 7.12. The molecular formula is C15H15N3O5. The smallest absolute Gasteiger partial charge is 0.326 e. The zero-order valence-corrected chi connectivity index (χ0v) is 12.4. The molecule has 0 saturated carbocycles. The molecule has 1 N–H and O–H groups in total. The second kappa shape index (κ2) is 6.07. The lowest BCUT2D eigenvalue weighted by Gasteiger charge is -2.19. The van der Waals surface area contributed by atoms with E-state index in [0.717, 1.165) is 0 Å². The molecule has 1 saturated heterocycles. The first-order chi connectivity index (χ1) is 11.1. The molecular weight excluding hydrogens is 302 g/mol. The summed E-state index contributed by atoms with van der Waals surface area (Å²) in [5, 5.41) is 12.8. The molecule has 1 amide bonds. The van der Waals surface area contributed by atoms with Crippen molar-refractivity contribution in [2.75, 3.05) is 13.7 Å². The van der Waals surface area contributed by atoms with Crippen molar-refractivity contribution in [1.82, 2.24) is 15.0 Å². The highest BCUT2D eigenvalue weighted by atomic mass is 16.5. The van der Waals surface area contributed by atoms with Crippen molar-refractivity contribution in [2.45, 2.75) is 18.9 Å². The minimum atomic E-state index is -1.02. The highest BCUT2D eigenvalue weighted by Crippen LogP contribution is 2.24. The zero-order valence-electron chi connectivity index (χ0n) is 12.4. The van der Waals surface area contributed by atoms with Crippen LogP contribution in [0, 0.1) is 0 Å². The van der Waals surface area contributed by atoms with Gasteiger partial charge in [0, 0.05) is 12.1 Å². The van der Waals surface area contributed by atoms with Gasteiger partial charge >= 0.3 is 5.97 Å². The van der Waals surface area contributed by atoms with Crippen LogP contribution in [0.2, 0.25) is 0 Å². The molecule has 0 aliphatic carbocycles. The van der Waals surface area contributed by atoms with Crippen LogP contribution in [0.4, 0.5) is 0 Å². The number of aliphatic carboxylic acids is 1. The Morgan fingerprint density at radius 2 is 2.26 bits per heavy atom. The standard InChI is InChI=1S/C15H15N3O5/c1-22-10-5-2-4-9(8-10)13-16-12(17-23-13)14(19)18-7-3-6-11(18)15(20)21/h2,4-5,8,11H,3,6-7H2,1H3,(H,20,21)/t11-/m1/s1. The molecule has 0 radical (unpaired) electrons. The van der Waals surface area contributed by atoms with E-state index in [0.29, 0.717) is 30.7 Å². The monoisotopic (exact) mass is 317 g/mol. The van der Waals surface area contributed by atoms with E-state index in [-0.39, 0.29) is 11.7 Å². The Labute approximate surface area is 131 Å². The van der Waals surface area contributed by atoms with Crippen molar-refractivity contribution < 1.29 is 24.0 Å². The van der Waals surface area contributed by atoms with E-state index < -0.39 is 17.9 Å². The first kappa shape index (κ1) is 15.0. The molecule has 0 spiro atoms. The predicted octanol–water partition coefficient (Wildman–Crippen LogP) is 1.43. The lowest BCUT2D eigenvalue weighted by Crippen LogP contribution is -2.40. The van der Waals surface area contributed by atoms with Crippen LogP contribution in [0.25, 0.3) is 11.5 Å². The number of carbonyl (C=O) groups is 2. The minimum absolute atomic E-state index is 0.143. The fraction of sp³-hybridized carbons (Fsp3) is 0.333. The van der Waals surface area contributed by atoms with E-state index in [9.17, 15) is 9.59 Å². The number of likely N-dealkylation sites (tertiary alicyclic amines) is 1. The number of carbonyl (C=O) groups excluding carboxylic acids is 1. The van der Waals surface area contributed by atoms with E-state index in [1.54, 1.807) is 31.4 Å². The summed E-state index contributed by atoms with van der Waals surface area (Å²) in [5.74, 6) is -0.895. The number of hydrogen-bond acceptors (Lipinski definition) is 6. The number of methoxy groups -OCH3 is 1. The Morgan fingerprint density at radius 3 is 3.00 bits per heavy atom. The van der Waals surface area contributed by atoms with Crippen LogP contribution in [-0.4, -0.2) is 51.7 Å². The molecule has 1 aromatic heterocycles. The normalized spacial score (nSPS) is 17.3. The molecule has 1 aliphatic rings. The summed E-state index contributed by atoms with van der Waals surface area (Å²) in [5.41, 5.74) is 0.618. The van der Waals surface area contributed by atoms with Gasteiger partial charge in [0.2, 0.25) is 0 Å². The van der Waals surface area contributed by atoms with Gasteiger partial charge in [-0.1, -0.05) is 11.2 Å². The summed E-state index contributed by atoms with van der Waals surface area (Å²) in [7, 11) is 1.54. The van der Waals surface area contributed by atoms with Crippen molar-refractivity contribution in [2.24, 2.45) is 0 Å². The zero-order chi connectivity index (χ0) is 16.4. The van der Waals surface area contributed by atoms with Gasteiger partial charge in [-0.25, -0.2) is 4.79 Å². The van der Waals surface area contributed by atoms with Crippen LogP contribution < -0.4 is 4.74 Å². The lowest BCUT2D eigenvalue weighted by molar-refractivity contribution is -0.141. The van der Waals surface area contributed by atoms with Crippen LogP contribution in [0.15, 0.2) is 28.8 Å². The number of carboxylic acids is 1. The summed E-state index contributed by atoms with van der Waals surface area (Å²) in [6.45, 7) is 0.374. The van der Waals surface area contributed by atoms with Gasteiger partial charge in [-0.2, -0.15) is 4.98 Å². The van der Waals surface area contributed by atoms with E-state index >= 15 is 0 Å². The Balaban J connectivity index is 1.84. The molecule has 1 aromatic carbocycles. The predicted molar refractivity (Wildman–Crippen MR) is 78.0 cm³/mol. The minimum Gasteiger partial charge on any atom is -0.497 e. The molecule has 0 unspecified atom stereocenters. The summed E-state index contributed by atoms with van der Waals surface area (Å²) < 4.78 is 10.2. The van der Waals surface area contributed by atoms with Gasteiger partial charge in [0.15, 0.2) is 0 Å². The number of rotatable bonds is 4. The van der Waals surface area contributed by atoms with Crippen LogP contribution in [0.5, 0.6) is 5.75 Å². The average Bonchev–Trinajstić information content (AvgIpc) is 3.23. The lowest BCUT2D eigenvalue weighted by atomic mass is 10.2. The summed E-state index contributed by atoms with van der Waals surface area (Å²) in [6, 6.07) is 6.16. The van der Waals surface area contributed by atoms with Gasteiger partial charge < -0.3 is 19.3 Å². The molecule has 1 atom stereocenters. The van der Waals surface area contributed by atoms with Crippen LogP contribution in [0.1, 0.15) is 23.5 Å². The molecule has 3 rings (SSSR count). The molecule has 8 nitrogen and oxygen atoms in total. The molecule has 0 bridgehead atoms. The van der Waals surface area contributed by atoms with Gasteiger partial charge in [0.1, 0.15) is 11.8 Å². The van der Waals surface area contributed by atoms with Crippen molar-refractivity contribution in [3.63, 3.8) is 0 Å². The largest absolute Gasteiger partial charge is 0.497 e. The van der Waals surface area contributed by atoms with Gasteiger partial charge in [0.25, 0.3) is 17.6 Å². The van der Waals surface area contributed by atoms with Crippen molar-refractivity contribution in [3.8, 4) is 17.2 Å². The van der Waals surface area contributed by atoms with Gasteiger partial charge in [-0.15, -0.1) is 0 Å². The number of carboxylic acid groups (broad SMARTS) is 1. The molecule has 2 heterocycles. The van der Waals surface area contributed by atoms with Crippen molar-refractivity contribution >= 4 is 11.9 Å². The fourth-order valence-corrected chi connectivity index (χ4v) is 2.58. The maximum absolute atomic E-state index is 12.4. The molecule has 120 valence electrons. The third-order valence-electron chi connectivity index (χ3n) is 3.73. The van der Waals surface area contributed by atoms with Crippen LogP contribution >= 0.6 is 0 Å². The Hall–Kier alpha value is -2.90. The van der Waals surface area contributed by atoms with Gasteiger partial charge in [-0.3, -0.25) is 4.79 Å². The fourth-order valence-electron chi connectivity index (χ4n) is 2.58. The Kier molecular flexibility index (Phi) is 3.96. The van der Waals surface area contributed by atoms with E-state index in [2.05, 4.69) is 10.1 Å². The van der Waals surface area contributed by atoms with E-state index in [1.807, 2.05) is 0 Å². The third kappa shape index (κ3) is 2.87. The van der Waals surface area contributed by atoms with E-state index in [1.165, 1.54) is 4.90 Å². The topological polar surface area (TPSA) is 106 Å².